The molecule has 0 aliphatic carbocycles. The molecule has 1 aliphatic rings. The van der Waals surface area contributed by atoms with Gasteiger partial charge in [0.25, 0.3) is 0 Å². The molecule has 90 valence electrons. The third-order valence-corrected chi connectivity index (χ3v) is 2.79. The van der Waals surface area contributed by atoms with E-state index in [1.807, 2.05) is 30.3 Å². The topological polar surface area (TPSA) is 58.9 Å². The maximum atomic E-state index is 11.0. The summed E-state index contributed by atoms with van der Waals surface area (Å²) in [4.78, 5) is 15.4. The second-order valence-corrected chi connectivity index (χ2v) is 4.01. The highest BCUT2D eigenvalue weighted by Crippen LogP contribution is 2.13. The van der Waals surface area contributed by atoms with Crippen molar-refractivity contribution in [3.8, 4) is 0 Å². The Hall–Kier alpha value is -1.68. The molecule has 1 aliphatic heterocycles. The predicted octanol–water partition coefficient (Wildman–Crippen LogP) is 1.75. The summed E-state index contributed by atoms with van der Waals surface area (Å²) in [6, 6.07) is 9.83. The molecule has 1 saturated heterocycles. The van der Waals surface area contributed by atoms with Crippen molar-refractivity contribution in [2.45, 2.75) is 13.0 Å². The molecule has 4 nitrogen and oxygen atoms in total. The van der Waals surface area contributed by atoms with Gasteiger partial charge in [-0.05, 0) is 5.56 Å². The van der Waals surface area contributed by atoms with Gasteiger partial charge in [-0.15, -0.1) is 0 Å². The number of aliphatic carboxylic acids is 1. The van der Waals surface area contributed by atoms with E-state index in [0.29, 0.717) is 19.6 Å². The van der Waals surface area contributed by atoms with Crippen LogP contribution in [0.4, 0.5) is 0 Å². The third kappa shape index (κ3) is 3.14. The van der Waals surface area contributed by atoms with E-state index in [2.05, 4.69) is 4.99 Å². The normalized spacial score (nSPS) is 22.6. The summed E-state index contributed by atoms with van der Waals surface area (Å²) in [5.74, 6) is -1.43. The number of nitrogens with zero attached hydrogens (tertiary/aromatic N) is 1. The van der Waals surface area contributed by atoms with Gasteiger partial charge in [0.05, 0.1) is 19.8 Å². The van der Waals surface area contributed by atoms with E-state index in [1.54, 1.807) is 0 Å². The number of aliphatic imine (C=N–C) groups is 1. The molecule has 0 saturated carbocycles. The lowest BCUT2D eigenvalue weighted by molar-refractivity contribution is -0.141. The van der Waals surface area contributed by atoms with Crippen molar-refractivity contribution in [3.05, 3.63) is 35.9 Å². The van der Waals surface area contributed by atoms with E-state index in [-0.39, 0.29) is 6.61 Å². The smallest absolute Gasteiger partial charge is 0.314 e. The fraction of sp³-hybridized carbons (Fsp3) is 0.385. The molecule has 0 amide bonds. The third-order valence-electron chi connectivity index (χ3n) is 2.79. The first kappa shape index (κ1) is 11.8. The van der Waals surface area contributed by atoms with E-state index in [9.17, 15) is 4.79 Å². The zero-order chi connectivity index (χ0) is 12.1. The molecule has 0 spiro atoms. The molecule has 0 aromatic heterocycles. The van der Waals surface area contributed by atoms with E-state index in [0.717, 1.165) is 11.3 Å². The number of carboxylic acids is 1. The Kier molecular flexibility index (Phi) is 3.88. The van der Waals surface area contributed by atoms with E-state index in [1.165, 1.54) is 0 Å². The fourth-order valence-electron chi connectivity index (χ4n) is 1.83. The Balaban J connectivity index is 2.06. The maximum Gasteiger partial charge on any atom is 0.314 e. The van der Waals surface area contributed by atoms with Gasteiger partial charge in [0.2, 0.25) is 0 Å². The monoisotopic (exact) mass is 233 g/mol. The average molecular weight is 233 g/mol. The zero-order valence-electron chi connectivity index (χ0n) is 9.50. The Morgan fingerprint density at radius 2 is 2.18 bits per heavy atom. The van der Waals surface area contributed by atoms with Crippen LogP contribution < -0.4 is 0 Å². The van der Waals surface area contributed by atoms with Crippen LogP contribution in [0.2, 0.25) is 0 Å². The molecule has 1 heterocycles. The van der Waals surface area contributed by atoms with Crippen molar-refractivity contribution >= 4 is 11.7 Å². The molecule has 17 heavy (non-hydrogen) atoms. The van der Waals surface area contributed by atoms with Gasteiger partial charge in [-0.3, -0.25) is 9.79 Å². The standard InChI is InChI=1S/C13H15NO3/c15-13(16)11-9-17-7-6-12(11)14-8-10-4-2-1-3-5-10/h1-5,11H,6-9H2,(H,15,16). The summed E-state index contributed by atoms with van der Waals surface area (Å²) >= 11 is 0. The summed E-state index contributed by atoms with van der Waals surface area (Å²) in [5, 5.41) is 9.05. The Morgan fingerprint density at radius 1 is 1.41 bits per heavy atom. The highest BCUT2D eigenvalue weighted by molar-refractivity contribution is 6.02. The lowest BCUT2D eigenvalue weighted by Crippen LogP contribution is -2.34. The van der Waals surface area contributed by atoms with Crippen LogP contribution in [0.25, 0.3) is 0 Å². The van der Waals surface area contributed by atoms with Crippen LogP contribution >= 0.6 is 0 Å². The Bertz CT molecular complexity index is 414. The number of carboxylic acid groups (broad SMARTS) is 1. The van der Waals surface area contributed by atoms with Gasteiger partial charge in [-0.25, -0.2) is 0 Å². The Morgan fingerprint density at radius 3 is 2.88 bits per heavy atom. The molecular formula is C13H15NO3. The van der Waals surface area contributed by atoms with E-state index < -0.39 is 11.9 Å². The second kappa shape index (κ2) is 5.59. The summed E-state index contributed by atoms with van der Waals surface area (Å²) in [6.45, 7) is 1.35. The minimum Gasteiger partial charge on any atom is -0.481 e. The van der Waals surface area contributed by atoms with Gasteiger partial charge in [-0.1, -0.05) is 30.3 Å². The lowest BCUT2D eigenvalue weighted by atomic mass is 9.99. The van der Waals surface area contributed by atoms with Gasteiger partial charge in [0.1, 0.15) is 5.92 Å². The van der Waals surface area contributed by atoms with Crippen molar-refractivity contribution in [2.24, 2.45) is 10.9 Å². The van der Waals surface area contributed by atoms with Crippen LogP contribution in [0.5, 0.6) is 0 Å². The number of hydrogen-bond acceptors (Lipinski definition) is 3. The van der Waals surface area contributed by atoms with Crippen LogP contribution in [0.15, 0.2) is 35.3 Å². The number of benzene rings is 1. The minimum atomic E-state index is -0.850. The summed E-state index contributed by atoms with van der Waals surface area (Å²) in [5.41, 5.74) is 1.84. The van der Waals surface area contributed by atoms with Crippen molar-refractivity contribution in [1.82, 2.24) is 0 Å². The maximum absolute atomic E-state index is 11.0. The first-order valence-corrected chi connectivity index (χ1v) is 5.65. The van der Waals surface area contributed by atoms with Gasteiger partial charge in [0.15, 0.2) is 0 Å². The van der Waals surface area contributed by atoms with Crippen LogP contribution in [-0.2, 0) is 16.1 Å². The van der Waals surface area contributed by atoms with Crippen molar-refractivity contribution in [1.29, 1.82) is 0 Å². The summed E-state index contributed by atoms with van der Waals surface area (Å²) in [6.07, 6.45) is 0.615. The second-order valence-electron chi connectivity index (χ2n) is 4.01. The molecule has 0 bridgehead atoms. The molecule has 1 unspecified atom stereocenters. The van der Waals surface area contributed by atoms with Crippen LogP contribution in [0.1, 0.15) is 12.0 Å². The number of carbonyl (C=O) groups is 1. The quantitative estimate of drug-likeness (QED) is 0.865. The lowest BCUT2D eigenvalue weighted by Gasteiger charge is -2.21. The fourth-order valence-corrected chi connectivity index (χ4v) is 1.83. The summed E-state index contributed by atoms with van der Waals surface area (Å²) < 4.78 is 5.16. The minimum absolute atomic E-state index is 0.239. The highest BCUT2D eigenvalue weighted by Gasteiger charge is 2.27. The molecule has 1 N–H and O–H groups in total. The molecule has 0 radical (unpaired) electrons. The van der Waals surface area contributed by atoms with Crippen LogP contribution in [0, 0.1) is 5.92 Å². The SMILES string of the molecule is O=C(O)C1COCCC1=NCc1ccccc1. The van der Waals surface area contributed by atoms with Crippen LogP contribution in [-0.4, -0.2) is 30.0 Å². The van der Waals surface area contributed by atoms with E-state index >= 15 is 0 Å². The van der Waals surface area contributed by atoms with Gasteiger partial charge in [-0.2, -0.15) is 0 Å². The molecule has 1 aromatic carbocycles. The molecule has 1 fully saturated rings. The van der Waals surface area contributed by atoms with Crippen molar-refractivity contribution < 1.29 is 14.6 Å². The molecule has 4 heteroatoms. The number of rotatable bonds is 3. The molecule has 2 rings (SSSR count). The van der Waals surface area contributed by atoms with Gasteiger partial charge < -0.3 is 9.84 Å². The van der Waals surface area contributed by atoms with Crippen molar-refractivity contribution in [2.75, 3.05) is 13.2 Å². The number of hydrogen-bond donors (Lipinski definition) is 1. The highest BCUT2D eigenvalue weighted by atomic mass is 16.5. The van der Waals surface area contributed by atoms with Crippen LogP contribution in [0.3, 0.4) is 0 Å². The predicted molar refractivity (Wildman–Crippen MR) is 64.1 cm³/mol. The van der Waals surface area contributed by atoms with Gasteiger partial charge >= 0.3 is 5.97 Å². The first-order chi connectivity index (χ1) is 8.27. The molecule has 1 aromatic rings. The first-order valence-electron chi connectivity index (χ1n) is 5.65. The number of ether oxygens (including phenoxy) is 1. The Labute approximate surface area is 99.9 Å². The zero-order valence-corrected chi connectivity index (χ0v) is 9.50. The molecular weight excluding hydrogens is 218 g/mol. The summed E-state index contributed by atoms with van der Waals surface area (Å²) in [7, 11) is 0. The van der Waals surface area contributed by atoms with Crippen molar-refractivity contribution in [3.63, 3.8) is 0 Å². The largest absolute Gasteiger partial charge is 0.481 e. The molecule has 1 atom stereocenters. The van der Waals surface area contributed by atoms with E-state index in [4.69, 9.17) is 9.84 Å². The van der Waals surface area contributed by atoms with Gasteiger partial charge in [0, 0.05) is 12.1 Å². The average Bonchev–Trinajstić information content (AvgIpc) is 2.38.